The number of carbonyl (C=O) groups is 3. The Morgan fingerprint density at radius 3 is 2.52 bits per heavy atom. The zero-order valence-corrected chi connectivity index (χ0v) is 15.8. The minimum atomic E-state index is -0.795. The Morgan fingerprint density at radius 1 is 1.22 bits per heavy atom. The van der Waals surface area contributed by atoms with Gasteiger partial charge in [-0.2, -0.15) is 0 Å². The molecular weight excluding hydrogens is 348 g/mol. The number of carbonyl (C=O) groups excluding carboxylic acids is 2. The SMILES string of the molecule is COc1ccc(CN2CC(C(=O)N3CCC(C(=O)O)C(C)C3)CC2=O)cc1. The van der Waals surface area contributed by atoms with Gasteiger partial charge in [0.05, 0.1) is 18.9 Å². The summed E-state index contributed by atoms with van der Waals surface area (Å²) < 4.78 is 5.14. The van der Waals surface area contributed by atoms with Crippen LogP contribution in [0.5, 0.6) is 5.75 Å². The highest BCUT2D eigenvalue weighted by Crippen LogP contribution is 2.28. The van der Waals surface area contributed by atoms with E-state index in [9.17, 15) is 19.5 Å². The molecule has 0 spiro atoms. The van der Waals surface area contributed by atoms with Crippen LogP contribution in [0.3, 0.4) is 0 Å². The Kier molecular flexibility index (Phi) is 5.68. The Bertz CT molecular complexity index is 718. The van der Waals surface area contributed by atoms with Gasteiger partial charge in [-0.3, -0.25) is 14.4 Å². The van der Waals surface area contributed by atoms with Crippen molar-refractivity contribution in [2.75, 3.05) is 26.7 Å². The molecule has 7 heteroatoms. The first-order valence-electron chi connectivity index (χ1n) is 9.31. The van der Waals surface area contributed by atoms with Crippen LogP contribution < -0.4 is 4.74 Å². The van der Waals surface area contributed by atoms with Crippen molar-refractivity contribution in [3.63, 3.8) is 0 Å². The highest BCUT2D eigenvalue weighted by molar-refractivity contribution is 5.89. The molecule has 0 aliphatic carbocycles. The van der Waals surface area contributed by atoms with Gasteiger partial charge in [0.2, 0.25) is 11.8 Å². The van der Waals surface area contributed by atoms with Gasteiger partial charge in [-0.05, 0) is 30.0 Å². The Labute approximate surface area is 158 Å². The molecule has 1 N–H and O–H groups in total. The summed E-state index contributed by atoms with van der Waals surface area (Å²) in [5.74, 6) is -0.897. The van der Waals surface area contributed by atoms with E-state index in [0.29, 0.717) is 32.6 Å². The first-order chi connectivity index (χ1) is 12.9. The molecule has 1 aromatic carbocycles. The molecule has 2 fully saturated rings. The number of nitrogens with zero attached hydrogens (tertiary/aromatic N) is 2. The molecule has 2 aliphatic heterocycles. The van der Waals surface area contributed by atoms with Gasteiger partial charge in [0.25, 0.3) is 0 Å². The largest absolute Gasteiger partial charge is 0.497 e. The van der Waals surface area contributed by atoms with Crippen molar-refractivity contribution in [3.05, 3.63) is 29.8 Å². The van der Waals surface area contributed by atoms with E-state index in [1.807, 2.05) is 31.2 Å². The topological polar surface area (TPSA) is 87.2 Å². The molecule has 0 radical (unpaired) electrons. The number of carboxylic acids is 1. The van der Waals surface area contributed by atoms with E-state index in [-0.39, 0.29) is 30.1 Å². The Hall–Kier alpha value is -2.57. The maximum absolute atomic E-state index is 12.8. The molecule has 146 valence electrons. The summed E-state index contributed by atoms with van der Waals surface area (Å²) in [4.78, 5) is 39.9. The van der Waals surface area contributed by atoms with E-state index in [4.69, 9.17) is 4.74 Å². The average molecular weight is 374 g/mol. The van der Waals surface area contributed by atoms with E-state index in [1.165, 1.54) is 0 Å². The highest BCUT2D eigenvalue weighted by atomic mass is 16.5. The summed E-state index contributed by atoms with van der Waals surface area (Å²) in [6.45, 7) is 3.65. The van der Waals surface area contributed by atoms with Gasteiger partial charge in [0.15, 0.2) is 0 Å². The molecule has 0 aromatic heterocycles. The quantitative estimate of drug-likeness (QED) is 0.846. The molecule has 3 unspecified atom stereocenters. The Balaban J connectivity index is 1.58. The molecule has 0 saturated carbocycles. The number of hydrogen-bond acceptors (Lipinski definition) is 4. The number of amides is 2. The van der Waals surface area contributed by atoms with Gasteiger partial charge in [0, 0.05) is 32.6 Å². The van der Waals surface area contributed by atoms with Crippen LogP contribution in [0.1, 0.15) is 25.3 Å². The van der Waals surface area contributed by atoms with Gasteiger partial charge in [0.1, 0.15) is 5.75 Å². The maximum Gasteiger partial charge on any atom is 0.306 e. The second-order valence-electron chi connectivity index (χ2n) is 7.52. The van der Waals surface area contributed by atoms with E-state index in [1.54, 1.807) is 16.9 Å². The number of likely N-dealkylation sites (tertiary alicyclic amines) is 2. The number of carboxylic acid groups (broad SMARTS) is 1. The maximum atomic E-state index is 12.8. The van der Waals surface area contributed by atoms with E-state index in [2.05, 4.69) is 0 Å². The third-order valence-corrected chi connectivity index (χ3v) is 5.63. The normalized spacial score (nSPS) is 25.6. The second-order valence-corrected chi connectivity index (χ2v) is 7.52. The molecule has 2 saturated heterocycles. The van der Waals surface area contributed by atoms with E-state index >= 15 is 0 Å². The van der Waals surface area contributed by atoms with Gasteiger partial charge in [-0.1, -0.05) is 19.1 Å². The number of piperidine rings is 1. The molecule has 2 aliphatic rings. The van der Waals surface area contributed by atoms with Crippen LogP contribution in [0.15, 0.2) is 24.3 Å². The van der Waals surface area contributed by atoms with Crippen molar-refractivity contribution in [1.82, 2.24) is 9.80 Å². The standard InChI is InChI=1S/C20H26N2O5/c1-13-10-21(8-7-17(13)20(25)26)19(24)15-9-18(23)22(12-15)11-14-3-5-16(27-2)6-4-14/h3-6,13,15,17H,7-12H2,1-2H3,(H,25,26). The van der Waals surface area contributed by atoms with Crippen LogP contribution in [0.25, 0.3) is 0 Å². The third kappa shape index (κ3) is 4.23. The zero-order valence-electron chi connectivity index (χ0n) is 15.8. The van der Waals surface area contributed by atoms with E-state index in [0.717, 1.165) is 11.3 Å². The summed E-state index contributed by atoms with van der Waals surface area (Å²) in [7, 11) is 1.61. The summed E-state index contributed by atoms with van der Waals surface area (Å²) in [5.41, 5.74) is 0.994. The van der Waals surface area contributed by atoms with Crippen LogP contribution in [0.2, 0.25) is 0 Å². The predicted molar refractivity (Wildman–Crippen MR) is 98.0 cm³/mol. The van der Waals surface area contributed by atoms with Gasteiger partial charge in [-0.15, -0.1) is 0 Å². The van der Waals surface area contributed by atoms with E-state index < -0.39 is 11.9 Å². The minimum absolute atomic E-state index is 0.0161. The van der Waals surface area contributed by atoms with Crippen molar-refractivity contribution in [3.8, 4) is 5.75 Å². The van der Waals surface area contributed by atoms with Crippen molar-refractivity contribution < 1.29 is 24.2 Å². The molecule has 0 bridgehead atoms. The molecule has 3 rings (SSSR count). The number of aliphatic carboxylic acids is 1. The molecule has 27 heavy (non-hydrogen) atoms. The summed E-state index contributed by atoms with van der Waals surface area (Å²) in [5, 5.41) is 9.22. The zero-order chi connectivity index (χ0) is 19.6. The third-order valence-electron chi connectivity index (χ3n) is 5.63. The lowest BCUT2D eigenvalue weighted by atomic mass is 9.86. The minimum Gasteiger partial charge on any atom is -0.497 e. The van der Waals surface area contributed by atoms with Gasteiger partial charge >= 0.3 is 5.97 Å². The number of benzene rings is 1. The van der Waals surface area contributed by atoms with Crippen LogP contribution in [0.4, 0.5) is 0 Å². The lowest BCUT2D eigenvalue weighted by Gasteiger charge is -2.36. The number of ether oxygens (including phenoxy) is 1. The predicted octanol–water partition coefficient (Wildman–Crippen LogP) is 1.61. The fourth-order valence-corrected chi connectivity index (χ4v) is 4.01. The van der Waals surface area contributed by atoms with Crippen LogP contribution >= 0.6 is 0 Å². The van der Waals surface area contributed by atoms with Gasteiger partial charge in [-0.25, -0.2) is 0 Å². The van der Waals surface area contributed by atoms with Crippen molar-refractivity contribution >= 4 is 17.8 Å². The van der Waals surface area contributed by atoms with Crippen molar-refractivity contribution in [2.24, 2.45) is 17.8 Å². The molecule has 2 amide bonds. The highest BCUT2D eigenvalue weighted by Gasteiger charge is 2.39. The lowest BCUT2D eigenvalue weighted by molar-refractivity contribution is -0.149. The molecule has 2 heterocycles. The second kappa shape index (κ2) is 7.98. The number of methoxy groups -OCH3 is 1. The first kappa shape index (κ1) is 19.2. The summed E-state index contributed by atoms with van der Waals surface area (Å²) in [6.07, 6.45) is 0.695. The summed E-state index contributed by atoms with van der Waals surface area (Å²) >= 11 is 0. The number of rotatable bonds is 5. The summed E-state index contributed by atoms with van der Waals surface area (Å²) in [6, 6.07) is 7.54. The fraction of sp³-hybridized carbons (Fsp3) is 0.550. The fourth-order valence-electron chi connectivity index (χ4n) is 4.01. The van der Waals surface area contributed by atoms with Crippen molar-refractivity contribution in [2.45, 2.75) is 26.3 Å². The van der Waals surface area contributed by atoms with Crippen LogP contribution in [-0.4, -0.2) is 59.4 Å². The number of hydrogen-bond donors (Lipinski definition) is 1. The van der Waals surface area contributed by atoms with Crippen molar-refractivity contribution in [1.29, 1.82) is 0 Å². The Morgan fingerprint density at radius 2 is 1.93 bits per heavy atom. The molecule has 1 aromatic rings. The first-order valence-corrected chi connectivity index (χ1v) is 9.31. The molecular formula is C20H26N2O5. The van der Waals surface area contributed by atoms with Gasteiger partial charge < -0.3 is 19.6 Å². The smallest absolute Gasteiger partial charge is 0.306 e. The molecule has 3 atom stereocenters. The molecule has 7 nitrogen and oxygen atoms in total. The van der Waals surface area contributed by atoms with Crippen LogP contribution in [-0.2, 0) is 20.9 Å². The van der Waals surface area contributed by atoms with Crippen LogP contribution in [0, 0.1) is 17.8 Å². The monoisotopic (exact) mass is 374 g/mol. The lowest BCUT2D eigenvalue weighted by Crippen LogP contribution is -2.47. The average Bonchev–Trinajstić information content (AvgIpc) is 3.01.